The highest BCUT2D eigenvalue weighted by Crippen LogP contribution is 2.32. The maximum absolute atomic E-state index is 13.0. The molecule has 2 aromatic rings. The van der Waals surface area contributed by atoms with Crippen molar-refractivity contribution in [3.8, 4) is 5.75 Å². The number of ether oxygens (including phenoxy) is 1. The Kier molecular flexibility index (Phi) is 4.65. The molecule has 6 nitrogen and oxygen atoms in total. The van der Waals surface area contributed by atoms with E-state index in [9.17, 15) is 9.59 Å². The summed E-state index contributed by atoms with van der Waals surface area (Å²) in [5, 5.41) is 3.13. The number of furan rings is 1. The maximum atomic E-state index is 13.0. The first kappa shape index (κ1) is 16.7. The van der Waals surface area contributed by atoms with Crippen molar-refractivity contribution in [2.45, 2.75) is 37.8 Å². The second-order valence-corrected chi connectivity index (χ2v) is 6.72. The van der Waals surface area contributed by atoms with Gasteiger partial charge in [-0.25, -0.2) is 0 Å². The van der Waals surface area contributed by atoms with Crippen molar-refractivity contribution >= 4 is 11.8 Å². The van der Waals surface area contributed by atoms with Gasteiger partial charge in [0.25, 0.3) is 5.91 Å². The van der Waals surface area contributed by atoms with Gasteiger partial charge in [0.05, 0.1) is 18.9 Å². The molecule has 2 unspecified atom stereocenters. The third kappa shape index (κ3) is 3.19. The number of hydrogen-bond donors (Lipinski definition) is 1. The van der Waals surface area contributed by atoms with Crippen molar-refractivity contribution in [3.63, 3.8) is 0 Å². The molecule has 0 aliphatic carbocycles. The topological polar surface area (TPSA) is 71.8 Å². The monoisotopic (exact) mass is 354 g/mol. The molecule has 2 aliphatic rings. The molecule has 0 bridgehead atoms. The summed E-state index contributed by atoms with van der Waals surface area (Å²) in [6, 6.07) is 10.5. The lowest BCUT2D eigenvalue weighted by atomic mass is 9.97. The number of nitrogens with zero attached hydrogens (tertiary/aromatic N) is 1. The molecule has 26 heavy (non-hydrogen) atoms. The number of nitrogens with one attached hydrogen (secondary N) is 1. The molecule has 1 aromatic heterocycles. The van der Waals surface area contributed by atoms with Crippen molar-refractivity contribution in [1.82, 2.24) is 10.2 Å². The lowest BCUT2D eigenvalue weighted by molar-refractivity contribution is -0.127. The second-order valence-electron chi connectivity index (χ2n) is 6.72. The van der Waals surface area contributed by atoms with E-state index in [1.165, 1.54) is 6.26 Å². The number of amides is 2. The van der Waals surface area contributed by atoms with Crippen molar-refractivity contribution in [2.75, 3.05) is 13.2 Å². The van der Waals surface area contributed by atoms with Crippen LogP contribution in [0.2, 0.25) is 0 Å². The van der Waals surface area contributed by atoms with Gasteiger partial charge in [0.15, 0.2) is 5.76 Å². The van der Waals surface area contributed by atoms with Gasteiger partial charge in [-0.05, 0) is 37.5 Å². The molecule has 4 rings (SSSR count). The minimum absolute atomic E-state index is 0.0880. The number of rotatable bonds is 3. The van der Waals surface area contributed by atoms with Gasteiger partial charge in [-0.2, -0.15) is 0 Å². The third-order valence-electron chi connectivity index (χ3n) is 5.07. The molecule has 0 spiro atoms. The number of likely N-dealkylation sites (tertiary alicyclic amines) is 1. The highest BCUT2D eigenvalue weighted by molar-refractivity contribution is 5.95. The first-order valence-corrected chi connectivity index (χ1v) is 9.10. The number of hydrogen-bond acceptors (Lipinski definition) is 4. The highest BCUT2D eigenvalue weighted by atomic mass is 16.5. The van der Waals surface area contributed by atoms with E-state index in [4.69, 9.17) is 9.15 Å². The number of para-hydroxylation sites is 1. The minimum Gasteiger partial charge on any atom is -0.493 e. The van der Waals surface area contributed by atoms with E-state index < -0.39 is 6.04 Å². The molecular weight excluding hydrogens is 332 g/mol. The van der Waals surface area contributed by atoms with Crippen LogP contribution in [0.3, 0.4) is 0 Å². The molecule has 3 heterocycles. The van der Waals surface area contributed by atoms with Crippen molar-refractivity contribution in [3.05, 3.63) is 54.0 Å². The average Bonchev–Trinajstić information content (AvgIpc) is 3.22. The van der Waals surface area contributed by atoms with Crippen LogP contribution >= 0.6 is 0 Å². The Labute approximate surface area is 152 Å². The molecule has 1 fully saturated rings. The van der Waals surface area contributed by atoms with Crippen LogP contribution in [0.1, 0.15) is 47.8 Å². The predicted octanol–water partition coefficient (Wildman–Crippen LogP) is 2.91. The van der Waals surface area contributed by atoms with Gasteiger partial charge in [0.2, 0.25) is 5.91 Å². The fourth-order valence-corrected chi connectivity index (χ4v) is 3.75. The fraction of sp³-hybridized carbons (Fsp3) is 0.400. The Bertz CT molecular complexity index is 787. The quantitative estimate of drug-likeness (QED) is 0.920. The molecule has 2 atom stereocenters. The Morgan fingerprint density at radius 1 is 1.08 bits per heavy atom. The molecule has 0 radical (unpaired) electrons. The maximum Gasteiger partial charge on any atom is 0.290 e. The molecule has 1 saturated heterocycles. The number of carbonyl (C=O) groups excluding carboxylic acids is 2. The molecule has 2 amide bonds. The van der Waals surface area contributed by atoms with Gasteiger partial charge >= 0.3 is 0 Å². The normalized spacial score (nSPS) is 22.2. The van der Waals surface area contributed by atoms with Gasteiger partial charge < -0.3 is 19.4 Å². The molecule has 2 aliphatic heterocycles. The van der Waals surface area contributed by atoms with Crippen LogP contribution in [0.5, 0.6) is 5.75 Å². The van der Waals surface area contributed by atoms with Crippen LogP contribution in [-0.4, -0.2) is 35.9 Å². The van der Waals surface area contributed by atoms with Gasteiger partial charge in [-0.15, -0.1) is 0 Å². The van der Waals surface area contributed by atoms with Crippen LogP contribution in [0, 0.1) is 0 Å². The van der Waals surface area contributed by atoms with E-state index in [-0.39, 0.29) is 23.6 Å². The number of benzene rings is 1. The average molecular weight is 354 g/mol. The Morgan fingerprint density at radius 3 is 2.81 bits per heavy atom. The molecule has 1 aromatic carbocycles. The zero-order chi connectivity index (χ0) is 17.9. The SMILES string of the molecule is O=C(NC1CCOc2ccccc21)C1CCCCN1C(=O)c1ccco1. The largest absolute Gasteiger partial charge is 0.493 e. The molecule has 136 valence electrons. The van der Waals surface area contributed by atoms with E-state index in [0.717, 1.165) is 30.6 Å². The van der Waals surface area contributed by atoms with Crippen LogP contribution < -0.4 is 10.1 Å². The molecular formula is C20H22N2O4. The standard InChI is InChI=1S/C20H22N2O4/c23-19(21-15-10-13-26-17-8-2-1-6-14(15)17)16-7-3-4-11-22(16)20(24)18-9-5-12-25-18/h1-2,5-6,8-9,12,15-16H,3-4,7,10-11,13H2,(H,21,23). The van der Waals surface area contributed by atoms with Crippen molar-refractivity contribution in [2.24, 2.45) is 0 Å². The van der Waals surface area contributed by atoms with Gasteiger partial charge in [-0.3, -0.25) is 9.59 Å². The van der Waals surface area contributed by atoms with Gasteiger partial charge in [-0.1, -0.05) is 18.2 Å². The summed E-state index contributed by atoms with van der Waals surface area (Å²) in [6.07, 6.45) is 4.71. The Morgan fingerprint density at radius 2 is 1.96 bits per heavy atom. The summed E-state index contributed by atoms with van der Waals surface area (Å²) in [5.41, 5.74) is 0.992. The molecule has 6 heteroatoms. The van der Waals surface area contributed by atoms with Crippen molar-refractivity contribution in [1.29, 1.82) is 0 Å². The van der Waals surface area contributed by atoms with Crippen molar-refractivity contribution < 1.29 is 18.7 Å². The van der Waals surface area contributed by atoms with Crippen LogP contribution in [0.25, 0.3) is 0 Å². The first-order valence-electron chi connectivity index (χ1n) is 9.10. The van der Waals surface area contributed by atoms with Gasteiger partial charge in [0, 0.05) is 18.5 Å². The second kappa shape index (κ2) is 7.23. The van der Waals surface area contributed by atoms with Crippen LogP contribution in [0.4, 0.5) is 0 Å². The summed E-state index contributed by atoms with van der Waals surface area (Å²) in [7, 11) is 0. The van der Waals surface area contributed by atoms with Gasteiger partial charge in [0.1, 0.15) is 11.8 Å². The Hall–Kier alpha value is -2.76. The zero-order valence-electron chi connectivity index (χ0n) is 14.5. The number of carbonyl (C=O) groups is 2. The van der Waals surface area contributed by atoms with E-state index in [1.807, 2.05) is 24.3 Å². The van der Waals surface area contributed by atoms with E-state index in [2.05, 4.69) is 5.32 Å². The minimum atomic E-state index is -0.462. The fourth-order valence-electron chi connectivity index (χ4n) is 3.75. The van der Waals surface area contributed by atoms with E-state index in [0.29, 0.717) is 19.6 Å². The summed E-state index contributed by atoms with van der Waals surface area (Å²) >= 11 is 0. The summed E-state index contributed by atoms with van der Waals surface area (Å²) in [6.45, 7) is 1.14. The summed E-state index contributed by atoms with van der Waals surface area (Å²) < 4.78 is 10.9. The van der Waals surface area contributed by atoms with E-state index >= 15 is 0 Å². The summed E-state index contributed by atoms with van der Waals surface area (Å²) in [5.74, 6) is 0.769. The van der Waals surface area contributed by atoms with Crippen LogP contribution in [0.15, 0.2) is 47.1 Å². The van der Waals surface area contributed by atoms with Crippen LogP contribution in [-0.2, 0) is 4.79 Å². The smallest absolute Gasteiger partial charge is 0.290 e. The predicted molar refractivity (Wildman–Crippen MR) is 94.8 cm³/mol. The number of fused-ring (bicyclic) bond motifs is 1. The lowest BCUT2D eigenvalue weighted by Gasteiger charge is -2.36. The lowest BCUT2D eigenvalue weighted by Crippen LogP contribution is -2.52. The first-order chi connectivity index (χ1) is 12.7. The Balaban J connectivity index is 1.50. The third-order valence-corrected chi connectivity index (χ3v) is 5.07. The molecule has 1 N–H and O–H groups in total. The van der Waals surface area contributed by atoms with E-state index in [1.54, 1.807) is 17.0 Å². The summed E-state index contributed by atoms with van der Waals surface area (Å²) in [4.78, 5) is 27.3. The molecule has 0 saturated carbocycles. The number of piperidine rings is 1. The zero-order valence-corrected chi connectivity index (χ0v) is 14.5. The highest BCUT2D eigenvalue weighted by Gasteiger charge is 2.35.